The summed E-state index contributed by atoms with van der Waals surface area (Å²) in [5.74, 6) is -0.609. The zero-order chi connectivity index (χ0) is 14.3. The van der Waals surface area contributed by atoms with Gasteiger partial charge in [0.2, 0.25) is 5.60 Å². The summed E-state index contributed by atoms with van der Waals surface area (Å²) in [5, 5.41) is 10.9. The smallest absolute Gasteiger partial charge is 0.347 e. The fourth-order valence-electron chi connectivity index (χ4n) is 2.14. The Morgan fingerprint density at radius 2 is 1.89 bits per heavy atom. The molecule has 0 aromatic heterocycles. The minimum atomic E-state index is -1.68. The molecule has 1 atom stereocenters. The van der Waals surface area contributed by atoms with Gasteiger partial charge in [-0.25, -0.2) is 4.79 Å². The van der Waals surface area contributed by atoms with Crippen LogP contribution in [-0.2, 0) is 15.1 Å². The van der Waals surface area contributed by atoms with E-state index in [1.54, 1.807) is 31.2 Å². The summed E-state index contributed by atoms with van der Waals surface area (Å²) in [5.41, 5.74) is -0.447. The summed E-state index contributed by atoms with van der Waals surface area (Å²) in [4.78, 5) is 12.2. The molecule has 0 amide bonds. The summed E-state index contributed by atoms with van der Waals surface area (Å²) in [6.07, 6.45) is 3.25. The number of carbonyl (C=O) groups is 1. The second-order valence-corrected chi connectivity index (χ2v) is 4.29. The van der Waals surface area contributed by atoms with Gasteiger partial charge in [-0.1, -0.05) is 50.3 Å². The molecule has 1 aromatic carbocycles. The van der Waals surface area contributed by atoms with Gasteiger partial charge < -0.3 is 9.84 Å². The molecular weight excluding hydrogens is 240 g/mol. The van der Waals surface area contributed by atoms with E-state index < -0.39 is 11.6 Å². The molecule has 0 bridgehead atoms. The average molecular weight is 262 g/mol. The van der Waals surface area contributed by atoms with Crippen LogP contribution in [0.1, 0.15) is 39.2 Å². The first-order valence-electron chi connectivity index (χ1n) is 6.75. The van der Waals surface area contributed by atoms with Crippen molar-refractivity contribution in [3.8, 4) is 0 Å². The Hall–Kier alpha value is -1.61. The van der Waals surface area contributed by atoms with Crippen LogP contribution in [0.5, 0.6) is 0 Å². The highest BCUT2D eigenvalue weighted by molar-refractivity contribution is 5.85. The van der Waals surface area contributed by atoms with E-state index in [1.807, 2.05) is 26.0 Å². The second kappa shape index (κ2) is 7.10. The molecule has 0 saturated heterocycles. The molecule has 0 radical (unpaired) electrons. The number of hydrogen-bond donors (Lipinski definition) is 1. The summed E-state index contributed by atoms with van der Waals surface area (Å²) >= 11 is 0. The first-order valence-corrected chi connectivity index (χ1v) is 6.75. The van der Waals surface area contributed by atoms with Crippen LogP contribution in [0, 0.1) is 0 Å². The lowest BCUT2D eigenvalue weighted by atomic mass is 9.84. The molecule has 0 aliphatic rings. The number of allylic oxidation sites excluding steroid dienone is 1. The van der Waals surface area contributed by atoms with Crippen LogP contribution in [0.4, 0.5) is 0 Å². The second-order valence-electron chi connectivity index (χ2n) is 4.29. The number of aliphatic hydroxyl groups is 1. The predicted octanol–water partition coefficient (Wildman–Crippen LogP) is 3.18. The monoisotopic (exact) mass is 262 g/mol. The number of rotatable bonds is 6. The first kappa shape index (κ1) is 15.4. The van der Waals surface area contributed by atoms with Gasteiger partial charge in [0.25, 0.3) is 0 Å². The third-order valence-electron chi connectivity index (χ3n) is 3.06. The summed E-state index contributed by atoms with van der Waals surface area (Å²) in [7, 11) is 0. The third kappa shape index (κ3) is 3.24. The average Bonchev–Trinajstić information content (AvgIpc) is 2.45. The van der Waals surface area contributed by atoms with E-state index in [4.69, 9.17) is 4.74 Å². The fourth-order valence-corrected chi connectivity index (χ4v) is 2.14. The highest BCUT2D eigenvalue weighted by atomic mass is 16.5. The van der Waals surface area contributed by atoms with Crippen LogP contribution in [0.2, 0.25) is 0 Å². The zero-order valence-electron chi connectivity index (χ0n) is 11.8. The van der Waals surface area contributed by atoms with Crippen molar-refractivity contribution in [1.29, 1.82) is 0 Å². The predicted molar refractivity (Wildman–Crippen MR) is 75.6 cm³/mol. The van der Waals surface area contributed by atoms with Crippen molar-refractivity contribution in [2.75, 3.05) is 6.61 Å². The maximum absolute atomic E-state index is 12.2. The number of benzene rings is 1. The highest BCUT2D eigenvalue weighted by Crippen LogP contribution is 2.33. The van der Waals surface area contributed by atoms with Crippen molar-refractivity contribution in [2.24, 2.45) is 0 Å². The molecule has 0 aliphatic heterocycles. The maximum atomic E-state index is 12.2. The van der Waals surface area contributed by atoms with Gasteiger partial charge in [-0.05, 0) is 30.9 Å². The number of esters is 1. The summed E-state index contributed by atoms with van der Waals surface area (Å²) in [6.45, 7) is 5.89. The summed E-state index contributed by atoms with van der Waals surface area (Å²) in [6, 6.07) is 8.95. The minimum Gasteiger partial charge on any atom is -0.463 e. The maximum Gasteiger partial charge on any atom is 0.347 e. The quantitative estimate of drug-likeness (QED) is 0.632. The van der Waals surface area contributed by atoms with E-state index in [0.29, 0.717) is 17.6 Å². The van der Waals surface area contributed by atoms with Crippen LogP contribution in [0.15, 0.2) is 42.0 Å². The Kier molecular flexibility index (Phi) is 5.77. The van der Waals surface area contributed by atoms with E-state index in [1.165, 1.54) is 0 Å². The lowest BCUT2D eigenvalue weighted by molar-refractivity contribution is -0.162. The van der Waals surface area contributed by atoms with E-state index in [-0.39, 0.29) is 6.61 Å². The molecule has 1 rings (SSSR count). The van der Waals surface area contributed by atoms with Gasteiger partial charge in [-0.3, -0.25) is 0 Å². The molecule has 1 N–H and O–H groups in total. The van der Waals surface area contributed by atoms with Crippen molar-refractivity contribution in [1.82, 2.24) is 0 Å². The minimum absolute atomic E-state index is 0.247. The molecule has 3 nitrogen and oxygen atoms in total. The molecular formula is C16H22O3. The number of hydrogen-bond acceptors (Lipinski definition) is 3. The van der Waals surface area contributed by atoms with Crippen molar-refractivity contribution in [3.05, 3.63) is 47.5 Å². The number of ether oxygens (including phenoxy) is 1. The lowest BCUT2D eigenvalue weighted by Crippen LogP contribution is -2.39. The largest absolute Gasteiger partial charge is 0.463 e. The molecule has 19 heavy (non-hydrogen) atoms. The van der Waals surface area contributed by atoms with E-state index in [9.17, 15) is 9.90 Å². The molecule has 0 heterocycles. The van der Waals surface area contributed by atoms with Gasteiger partial charge in [-0.15, -0.1) is 0 Å². The van der Waals surface area contributed by atoms with Gasteiger partial charge in [0.05, 0.1) is 6.61 Å². The van der Waals surface area contributed by atoms with E-state index >= 15 is 0 Å². The Balaban J connectivity index is 3.32. The van der Waals surface area contributed by atoms with Gasteiger partial charge in [0, 0.05) is 0 Å². The number of carbonyl (C=O) groups excluding carboxylic acids is 1. The Morgan fingerprint density at radius 3 is 2.37 bits per heavy atom. The summed E-state index contributed by atoms with van der Waals surface area (Å²) < 4.78 is 5.06. The SMILES string of the molecule is CC/C=C(\CC)C(O)(C(=O)OCC)c1ccccc1. The van der Waals surface area contributed by atoms with Gasteiger partial charge in [0.1, 0.15) is 0 Å². The van der Waals surface area contributed by atoms with Crippen LogP contribution in [0.25, 0.3) is 0 Å². The molecule has 0 aliphatic carbocycles. The van der Waals surface area contributed by atoms with Crippen LogP contribution in [-0.4, -0.2) is 17.7 Å². The van der Waals surface area contributed by atoms with Gasteiger partial charge >= 0.3 is 5.97 Å². The normalized spacial score (nSPS) is 14.8. The third-order valence-corrected chi connectivity index (χ3v) is 3.06. The van der Waals surface area contributed by atoms with Gasteiger partial charge in [0.15, 0.2) is 0 Å². The zero-order valence-corrected chi connectivity index (χ0v) is 11.8. The first-order chi connectivity index (χ1) is 9.11. The molecule has 1 aromatic rings. The molecule has 1 unspecified atom stereocenters. The van der Waals surface area contributed by atoms with Crippen LogP contribution < -0.4 is 0 Å². The Morgan fingerprint density at radius 1 is 1.26 bits per heavy atom. The van der Waals surface area contributed by atoms with Crippen molar-refractivity contribution >= 4 is 5.97 Å². The highest BCUT2D eigenvalue weighted by Gasteiger charge is 2.42. The fraction of sp³-hybridized carbons (Fsp3) is 0.438. The van der Waals surface area contributed by atoms with E-state index in [0.717, 1.165) is 6.42 Å². The molecule has 3 heteroatoms. The van der Waals surface area contributed by atoms with Crippen molar-refractivity contribution in [2.45, 2.75) is 39.2 Å². The molecule has 0 fully saturated rings. The molecule has 104 valence electrons. The standard InChI is InChI=1S/C16H22O3/c1-4-10-13(5-2)16(18,15(17)19-6-3)14-11-8-7-9-12-14/h7-12,18H,4-6H2,1-3H3/b13-10+. The van der Waals surface area contributed by atoms with E-state index in [2.05, 4.69) is 0 Å². The van der Waals surface area contributed by atoms with Gasteiger partial charge in [-0.2, -0.15) is 0 Å². The van der Waals surface area contributed by atoms with Crippen molar-refractivity contribution < 1.29 is 14.6 Å². The molecule has 0 spiro atoms. The Bertz CT molecular complexity index is 437. The topological polar surface area (TPSA) is 46.5 Å². The van der Waals surface area contributed by atoms with Crippen LogP contribution in [0.3, 0.4) is 0 Å². The Labute approximate surface area is 114 Å². The van der Waals surface area contributed by atoms with Crippen molar-refractivity contribution in [3.63, 3.8) is 0 Å². The molecule has 0 saturated carbocycles. The lowest BCUT2D eigenvalue weighted by Gasteiger charge is -2.29. The van der Waals surface area contributed by atoms with Crippen LogP contribution >= 0.6 is 0 Å².